The molecule has 5 atom stereocenters. The van der Waals surface area contributed by atoms with Crippen LogP contribution in [0.5, 0.6) is 0 Å². The molecule has 0 amide bonds. The number of rotatable bonds is 11. The minimum atomic E-state index is -2.23. The largest absolute Gasteiger partial charge is 0.479 e. The second-order valence-corrected chi connectivity index (χ2v) is 10.9. The molecule has 2 aromatic carbocycles. The van der Waals surface area contributed by atoms with E-state index in [1.165, 1.54) is 10.9 Å². The van der Waals surface area contributed by atoms with Gasteiger partial charge in [-0.2, -0.15) is 9.97 Å². The first-order valence-corrected chi connectivity index (χ1v) is 14.2. The number of aromatic nitrogens is 4. The van der Waals surface area contributed by atoms with E-state index in [4.69, 9.17) is 39.1 Å². The molecule has 1 aliphatic rings. The molecule has 5 rings (SSSR count). The first-order valence-electron chi connectivity index (χ1n) is 13.4. The average molecular weight is 626 g/mol. The van der Waals surface area contributed by atoms with Gasteiger partial charge in [-0.1, -0.05) is 73.0 Å². The summed E-state index contributed by atoms with van der Waals surface area (Å²) in [6.07, 6.45) is 3.00. The number of hydrogen-bond donors (Lipinski definition) is 4. The summed E-state index contributed by atoms with van der Waals surface area (Å²) >= 11 is 12.5. The summed E-state index contributed by atoms with van der Waals surface area (Å²) in [6.45, 7) is 1.59. The van der Waals surface area contributed by atoms with Crippen LogP contribution in [-0.2, 0) is 27.2 Å². The third kappa shape index (κ3) is 5.90. The van der Waals surface area contributed by atoms with E-state index in [0.29, 0.717) is 22.9 Å². The van der Waals surface area contributed by atoms with Gasteiger partial charge in [0.1, 0.15) is 12.2 Å². The van der Waals surface area contributed by atoms with Gasteiger partial charge in [0.15, 0.2) is 34.4 Å². The van der Waals surface area contributed by atoms with Crippen LogP contribution in [0.4, 0.5) is 5.82 Å². The highest BCUT2D eigenvalue weighted by Gasteiger charge is 2.56. The summed E-state index contributed by atoms with van der Waals surface area (Å²) in [7, 11) is 0. The minimum Gasteiger partial charge on any atom is -0.479 e. The monoisotopic (exact) mass is 625 g/mol. The zero-order valence-electron chi connectivity index (χ0n) is 23.0. The van der Waals surface area contributed by atoms with Crippen LogP contribution < -0.4 is 5.32 Å². The van der Waals surface area contributed by atoms with Crippen molar-refractivity contribution < 1.29 is 29.6 Å². The third-order valence-corrected chi connectivity index (χ3v) is 8.16. The van der Waals surface area contributed by atoms with Crippen molar-refractivity contribution in [1.29, 1.82) is 0 Å². The lowest BCUT2D eigenvalue weighted by atomic mass is 9.90. The smallest absolute Gasteiger partial charge is 0.336 e. The molecule has 1 aliphatic heterocycles. The lowest BCUT2D eigenvalue weighted by molar-refractivity contribution is -0.176. The van der Waals surface area contributed by atoms with E-state index in [1.54, 1.807) is 37.3 Å². The van der Waals surface area contributed by atoms with Gasteiger partial charge in [0.05, 0.1) is 12.9 Å². The highest BCUT2D eigenvalue weighted by molar-refractivity contribution is 6.31. The fourth-order valence-corrected chi connectivity index (χ4v) is 5.43. The predicted molar refractivity (Wildman–Crippen MR) is 160 cm³/mol. The van der Waals surface area contributed by atoms with Crippen molar-refractivity contribution in [3.8, 4) is 12.3 Å². The number of hydrogen-bond acceptors (Lipinski definition) is 9. The number of anilines is 1. The maximum atomic E-state index is 12.4. The number of carboxylic acids is 1. The van der Waals surface area contributed by atoms with Crippen LogP contribution in [0.1, 0.15) is 30.7 Å². The van der Waals surface area contributed by atoms with Crippen molar-refractivity contribution >= 4 is 46.2 Å². The van der Waals surface area contributed by atoms with E-state index >= 15 is 0 Å². The number of aliphatic carboxylic acids is 1. The number of carboxylic acid groups (broad SMARTS) is 1. The minimum absolute atomic E-state index is 0.0679. The van der Waals surface area contributed by atoms with Gasteiger partial charge in [-0.25, -0.2) is 9.78 Å². The zero-order valence-corrected chi connectivity index (χ0v) is 24.5. The molecule has 0 radical (unpaired) electrons. The van der Waals surface area contributed by atoms with E-state index in [9.17, 15) is 20.1 Å². The molecule has 1 unspecified atom stereocenters. The summed E-state index contributed by atoms with van der Waals surface area (Å²) in [4.78, 5) is 25.3. The van der Waals surface area contributed by atoms with Gasteiger partial charge >= 0.3 is 5.97 Å². The van der Waals surface area contributed by atoms with E-state index in [-0.39, 0.29) is 23.8 Å². The highest BCUT2D eigenvalue weighted by atomic mass is 35.5. The molecule has 11 nitrogen and oxygen atoms in total. The number of aliphatic hydroxyl groups is 2. The normalized spacial score (nSPS) is 23.1. The van der Waals surface area contributed by atoms with Crippen molar-refractivity contribution in [3.05, 3.63) is 82.4 Å². The Kier molecular flexibility index (Phi) is 8.89. The number of nitrogens with zero attached hydrogens (tertiary/aromatic N) is 4. The lowest BCUT2D eigenvalue weighted by Gasteiger charge is -2.32. The predicted octanol–water partition coefficient (Wildman–Crippen LogP) is 3.86. The second kappa shape index (κ2) is 12.5. The Balaban J connectivity index is 1.41. The van der Waals surface area contributed by atoms with Crippen molar-refractivity contribution in [2.75, 3.05) is 11.9 Å². The first-order chi connectivity index (χ1) is 20.6. The van der Waals surface area contributed by atoms with E-state index < -0.39 is 42.2 Å². The van der Waals surface area contributed by atoms with Gasteiger partial charge in [-0.05, 0) is 35.2 Å². The zero-order chi connectivity index (χ0) is 30.8. The molecule has 0 saturated carbocycles. The van der Waals surface area contributed by atoms with E-state index in [0.717, 1.165) is 11.1 Å². The summed E-state index contributed by atoms with van der Waals surface area (Å²) in [5.41, 5.74) is -1.77. The van der Waals surface area contributed by atoms with Gasteiger partial charge in [0.2, 0.25) is 5.28 Å². The SMILES string of the molecule is C#C[C@@]1(O)[C@@H](COC(CC)(Cc2ccccc2)C(=O)O)O[C@@H](n2cnc3c(NCc4ccccc4Cl)nc(Cl)nc32)[C@@H]1O. The Morgan fingerprint density at radius 1 is 1.21 bits per heavy atom. The van der Waals surface area contributed by atoms with Crippen LogP contribution in [-0.4, -0.2) is 70.8 Å². The maximum absolute atomic E-state index is 12.4. The Morgan fingerprint density at radius 3 is 2.60 bits per heavy atom. The molecule has 0 spiro atoms. The molecule has 0 bridgehead atoms. The topological polar surface area (TPSA) is 152 Å². The molecule has 4 N–H and O–H groups in total. The van der Waals surface area contributed by atoms with Gasteiger partial charge in [-0.15, -0.1) is 6.42 Å². The van der Waals surface area contributed by atoms with E-state index in [1.807, 2.05) is 24.3 Å². The highest BCUT2D eigenvalue weighted by Crippen LogP contribution is 2.40. The number of aliphatic hydroxyl groups excluding tert-OH is 1. The van der Waals surface area contributed by atoms with Gasteiger partial charge in [0, 0.05) is 18.0 Å². The number of halogens is 2. The van der Waals surface area contributed by atoms with Crippen molar-refractivity contribution in [3.63, 3.8) is 0 Å². The second-order valence-electron chi connectivity index (χ2n) is 10.2. The van der Waals surface area contributed by atoms with Crippen LogP contribution in [0.15, 0.2) is 60.9 Å². The van der Waals surface area contributed by atoms with Crippen LogP contribution in [0.2, 0.25) is 10.3 Å². The van der Waals surface area contributed by atoms with Gasteiger partial charge < -0.3 is 30.1 Å². The van der Waals surface area contributed by atoms with Crippen molar-refractivity contribution in [2.45, 2.75) is 55.9 Å². The molecule has 43 heavy (non-hydrogen) atoms. The fourth-order valence-electron chi connectivity index (χ4n) is 5.06. The van der Waals surface area contributed by atoms with Crippen LogP contribution in [0.25, 0.3) is 11.2 Å². The molecular weight excluding hydrogens is 597 g/mol. The molecule has 1 fully saturated rings. The van der Waals surface area contributed by atoms with Crippen molar-refractivity contribution in [2.24, 2.45) is 0 Å². The fraction of sp³-hybridized carbons (Fsp3) is 0.333. The van der Waals surface area contributed by atoms with E-state index in [2.05, 4.69) is 26.2 Å². The molecule has 2 aromatic heterocycles. The Hall–Kier alpha value is -3.76. The maximum Gasteiger partial charge on any atom is 0.336 e. The summed E-state index contributed by atoms with van der Waals surface area (Å²) < 4.78 is 13.4. The molecule has 0 aliphatic carbocycles. The first kappa shape index (κ1) is 30.7. The third-order valence-electron chi connectivity index (χ3n) is 7.62. The molecule has 3 heterocycles. The Labute approximate surface area is 257 Å². The number of nitrogens with one attached hydrogen (secondary N) is 1. The molecule has 1 saturated heterocycles. The van der Waals surface area contributed by atoms with Gasteiger partial charge in [0.25, 0.3) is 0 Å². The van der Waals surface area contributed by atoms with Crippen LogP contribution in [0.3, 0.4) is 0 Å². The summed E-state index contributed by atoms with van der Waals surface area (Å²) in [5, 5.41) is 36.3. The summed E-state index contributed by atoms with van der Waals surface area (Å²) in [6, 6.07) is 16.3. The number of benzene rings is 2. The van der Waals surface area contributed by atoms with Gasteiger partial charge in [-0.3, -0.25) is 4.57 Å². The number of fused-ring (bicyclic) bond motifs is 1. The molecule has 13 heteroatoms. The number of terminal acetylenes is 1. The number of imidazole rings is 1. The lowest BCUT2D eigenvalue weighted by Crippen LogP contribution is -2.51. The van der Waals surface area contributed by atoms with Crippen LogP contribution >= 0.6 is 23.2 Å². The molecular formula is C30H29Cl2N5O6. The number of ether oxygens (including phenoxy) is 2. The average Bonchev–Trinajstić information content (AvgIpc) is 3.53. The van der Waals surface area contributed by atoms with Crippen molar-refractivity contribution in [1.82, 2.24) is 19.5 Å². The molecule has 4 aromatic rings. The molecule has 224 valence electrons. The van der Waals surface area contributed by atoms with Crippen LogP contribution in [0, 0.1) is 12.3 Å². The number of carbonyl (C=O) groups is 1. The Morgan fingerprint density at radius 2 is 1.93 bits per heavy atom. The Bertz CT molecular complexity index is 1660. The quantitative estimate of drug-likeness (QED) is 0.143. The standard InChI is InChI=1S/C30H29Cl2N5O6/c1-3-29(27(39)40,14-18-10-6-5-7-11-18)42-16-21-30(41,4-2)23(38)26(43-21)37-17-34-22-24(35-28(32)36-25(22)37)33-15-19-12-8-9-13-20(19)31/h2,5-13,17,21,23,26,38,41H,3,14-16H2,1H3,(H,39,40)(H,33,35,36)/t21-,23+,26-,29?,30-/m1/s1. The summed E-state index contributed by atoms with van der Waals surface area (Å²) in [5.74, 6) is 1.35.